The summed E-state index contributed by atoms with van der Waals surface area (Å²) >= 11 is 4.95. The number of thiocarbonyl (C=S) groups is 1. The van der Waals surface area contributed by atoms with E-state index < -0.39 is 0 Å². The minimum atomic E-state index is 0.203. The molecule has 116 valence electrons. The Morgan fingerprint density at radius 2 is 1.64 bits per heavy atom. The lowest BCUT2D eigenvalue weighted by molar-refractivity contribution is 0.306. The van der Waals surface area contributed by atoms with Crippen LogP contribution >= 0.6 is 12.2 Å². The van der Waals surface area contributed by atoms with Crippen molar-refractivity contribution in [3.63, 3.8) is 0 Å². The highest BCUT2D eigenvalue weighted by atomic mass is 32.1. The molecule has 0 heterocycles. The van der Waals surface area contributed by atoms with Crippen molar-refractivity contribution in [2.75, 3.05) is 0 Å². The van der Waals surface area contributed by atoms with E-state index in [0.717, 1.165) is 23.3 Å². The molecule has 0 bridgehead atoms. The average Bonchev–Trinajstić information content (AvgIpc) is 2.53. The molecule has 0 atom stereocenters. The van der Waals surface area contributed by atoms with Gasteiger partial charge in [0.2, 0.25) is 0 Å². The second-order valence-corrected chi connectivity index (χ2v) is 6.55. The van der Waals surface area contributed by atoms with Crippen LogP contribution in [-0.4, -0.2) is 4.99 Å². The summed E-state index contributed by atoms with van der Waals surface area (Å²) < 4.78 is 5.83. The summed E-state index contributed by atoms with van der Waals surface area (Å²) in [5.74, 6) is 0.883. The van der Waals surface area contributed by atoms with E-state index in [9.17, 15) is 0 Å². The Bertz CT molecular complexity index is 629. The van der Waals surface area contributed by atoms with Crippen molar-refractivity contribution in [3.8, 4) is 5.75 Å². The molecule has 0 fully saturated rings. The largest absolute Gasteiger partial charge is 0.489 e. The Labute approximate surface area is 138 Å². The van der Waals surface area contributed by atoms with Gasteiger partial charge in [-0.3, -0.25) is 0 Å². The summed E-state index contributed by atoms with van der Waals surface area (Å²) in [5, 5.41) is 0. The summed E-state index contributed by atoms with van der Waals surface area (Å²) in [7, 11) is 0. The Hall–Kier alpha value is -1.87. The van der Waals surface area contributed by atoms with Crippen LogP contribution in [0.4, 0.5) is 0 Å². The highest BCUT2D eigenvalue weighted by Gasteiger charge is 2.17. The van der Waals surface area contributed by atoms with Gasteiger partial charge in [-0.1, -0.05) is 69.4 Å². The molecule has 0 saturated carbocycles. The normalized spacial score (nSPS) is 11.2. The first-order chi connectivity index (χ1) is 10.4. The predicted molar refractivity (Wildman–Crippen MR) is 96.4 cm³/mol. The summed E-state index contributed by atoms with van der Waals surface area (Å²) in [5.41, 5.74) is 9.10. The topological polar surface area (TPSA) is 35.2 Å². The molecule has 22 heavy (non-hydrogen) atoms. The lowest BCUT2D eigenvalue weighted by atomic mass is 9.82. The molecule has 0 unspecified atom stereocenters. The molecular weight excluding hydrogens is 290 g/mol. The SMILES string of the molecule is CCC(C)(C)c1ccc(OCc2ccc(C(N)=S)cc2)cc1. The molecule has 0 aliphatic heterocycles. The minimum Gasteiger partial charge on any atom is -0.489 e. The Kier molecular flexibility index (Phi) is 5.19. The molecule has 0 aliphatic rings. The van der Waals surface area contributed by atoms with Crippen molar-refractivity contribution >= 4 is 17.2 Å². The van der Waals surface area contributed by atoms with Gasteiger partial charge in [0.1, 0.15) is 17.3 Å². The van der Waals surface area contributed by atoms with Crippen LogP contribution in [0.25, 0.3) is 0 Å². The van der Waals surface area contributed by atoms with Gasteiger partial charge in [0, 0.05) is 5.56 Å². The van der Waals surface area contributed by atoms with Gasteiger partial charge >= 0.3 is 0 Å². The van der Waals surface area contributed by atoms with E-state index in [-0.39, 0.29) is 5.41 Å². The van der Waals surface area contributed by atoms with Crippen LogP contribution < -0.4 is 10.5 Å². The standard InChI is InChI=1S/C19H23NOS/c1-4-19(2,3)16-9-11-17(12-10-16)21-13-14-5-7-15(8-6-14)18(20)22/h5-12H,4,13H2,1-3H3,(H2,20,22). The van der Waals surface area contributed by atoms with Gasteiger partial charge < -0.3 is 10.5 Å². The minimum absolute atomic E-state index is 0.203. The zero-order chi connectivity index (χ0) is 16.2. The maximum absolute atomic E-state index is 5.83. The smallest absolute Gasteiger partial charge is 0.119 e. The number of hydrogen-bond donors (Lipinski definition) is 1. The molecule has 2 rings (SSSR count). The third-order valence-electron chi connectivity index (χ3n) is 4.16. The quantitative estimate of drug-likeness (QED) is 0.792. The van der Waals surface area contributed by atoms with Crippen molar-refractivity contribution in [1.82, 2.24) is 0 Å². The first-order valence-electron chi connectivity index (χ1n) is 7.54. The lowest BCUT2D eigenvalue weighted by Crippen LogP contribution is -2.15. The van der Waals surface area contributed by atoms with Crippen molar-refractivity contribution in [3.05, 3.63) is 65.2 Å². The van der Waals surface area contributed by atoms with E-state index in [1.54, 1.807) is 0 Å². The van der Waals surface area contributed by atoms with Crippen molar-refractivity contribution in [2.24, 2.45) is 5.73 Å². The lowest BCUT2D eigenvalue weighted by Gasteiger charge is -2.23. The molecule has 0 aliphatic carbocycles. The second kappa shape index (κ2) is 6.93. The number of hydrogen-bond acceptors (Lipinski definition) is 2. The predicted octanol–water partition coefficient (Wildman–Crippen LogP) is 4.59. The van der Waals surface area contributed by atoms with Gasteiger partial charge in [-0.25, -0.2) is 0 Å². The van der Waals surface area contributed by atoms with Crippen molar-refractivity contribution in [1.29, 1.82) is 0 Å². The van der Waals surface area contributed by atoms with E-state index in [1.165, 1.54) is 5.56 Å². The first kappa shape index (κ1) is 16.5. The molecule has 0 aromatic heterocycles. The maximum atomic E-state index is 5.83. The van der Waals surface area contributed by atoms with Crippen LogP contribution in [-0.2, 0) is 12.0 Å². The van der Waals surface area contributed by atoms with Gasteiger partial charge in [0.05, 0.1) is 0 Å². The molecule has 0 spiro atoms. The summed E-state index contributed by atoms with van der Waals surface area (Å²) in [6, 6.07) is 16.2. The average molecular weight is 313 g/mol. The summed E-state index contributed by atoms with van der Waals surface area (Å²) in [6.45, 7) is 7.26. The molecule has 2 aromatic rings. The van der Waals surface area contributed by atoms with Crippen LogP contribution in [0.15, 0.2) is 48.5 Å². The van der Waals surface area contributed by atoms with Gasteiger partial charge in [-0.15, -0.1) is 0 Å². The molecule has 0 amide bonds. The van der Waals surface area contributed by atoms with E-state index in [2.05, 4.69) is 32.9 Å². The molecule has 2 nitrogen and oxygen atoms in total. The Morgan fingerprint density at radius 1 is 1.05 bits per heavy atom. The number of benzene rings is 2. The fraction of sp³-hybridized carbons (Fsp3) is 0.316. The van der Waals surface area contributed by atoms with Gasteiger partial charge in [-0.05, 0) is 35.1 Å². The van der Waals surface area contributed by atoms with Crippen LogP contribution in [0.2, 0.25) is 0 Å². The Balaban J connectivity index is 1.98. The molecule has 2 N–H and O–H groups in total. The molecule has 2 aromatic carbocycles. The fourth-order valence-corrected chi connectivity index (χ4v) is 2.27. The van der Waals surface area contributed by atoms with E-state index in [1.807, 2.05) is 36.4 Å². The van der Waals surface area contributed by atoms with Gasteiger partial charge in [-0.2, -0.15) is 0 Å². The maximum Gasteiger partial charge on any atom is 0.119 e. The van der Waals surface area contributed by atoms with Gasteiger partial charge in [0.15, 0.2) is 0 Å². The molecular formula is C19H23NOS. The number of rotatable bonds is 6. The summed E-state index contributed by atoms with van der Waals surface area (Å²) in [4.78, 5) is 0.418. The van der Waals surface area contributed by atoms with E-state index in [0.29, 0.717) is 11.6 Å². The van der Waals surface area contributed by atoms with Gasteiger partial charge in [0.25, 0.3) is 0 Å². The number of ether oxygens (including phenoxy) is 1. The van der Waals surface area contributed by atoms with E-state index >= 15 is 0 Å². The first-order valence-corrected chi connectivity index (χ1v) is 7.95. The molecule has 0 saturated heterocycles. The third kappa shape index (κ3) is 4.08. The zero-order valence-electron chi connectivity index (χ0n) is 13.4. The molecule has 3 heteroatoms. The van der Waals surface area contributed by atoms with Crippen LogP contribution in [0.1, 0.15) is 43.9 Å². The second-order valence-electron chi connectivity index (χ2n) is 6.11. The third-order valence-corrected chi connectivity index (χ3v) is 4.40. The van der Waals surface area contributed by atoms with E-state index in [4.69, 9.17) is 22.7 Å². The number of nitrogens with two attached hydrogens (primary N) is 1. The monoisotopic (exact) mass is 313 g/mol. The highest BCUT2D eigenvalue weighted by Crippen LogP contribution is 2.28. The Morgan fingerprint density at radius 3 is 2.14 bits per heavy atom. The van der Waals surface area contributed by atoms with Crippen LogP contribution in [0.3, 0.4) is 0 Å². The van der Waals surface area contributed by atoms with Crippen LogP contribution in [0.5, 0.6) is 5.75 Å². The highest BCUT2D eigenvalue weighted by molar-refractivity contribution is 7.80. The zero-order valence-corrected chi connectivity index (χ0v) is 14.2. The summed E-state index contributed by atoms with van der Waals surface area (Å²) in [6.07, 6.45) is 1.11. The fourth-order valence-electron chi connectivity index (χ4n) is 2.14. The van der Waals surface area contributed by atoms with Crippen molar-refractivity contribution in [2.45, 2.75) is 39.2 Å². The molecule has 0 radical (unpaired) electrons. The van der Waals surface area contributed by atoms with Crippen LogP contribution in [0, 0.1) is 0 Å². The van der Waals surface area contributed by atoms with Crippen molar-refractivity contribution < 1.29 is 4.74 Å².